The zero-order chi connectivity index (χ0) is 25.4. The zero-order valence-electron chi connectivity index (χ0n) is 22.5. The number of rotatable bonds is 6. The van der Waals surface area contributed by atoms with Gasteiger partial charge in [0.05, 0.1) is 5.54 Å². The van der Waals surface area contributed by atoms with E-state index >= 15 is 0 Å². The van der Waals surface area contributed by atoms with Gasteiger partial charge in [0.1, 0.15) is 6.04 Å². The Kier molecular flexibility index (Phi) is 7.01. The summed E-state index contributed by atoms with van der Waals surface area (Å²) in [6.45, 7) is 14.5. The smallest absolute Gasteiger partial charge is 0.253 e. The number of nitrogens with zero attached hydrogens (tertiary/aromatic N) is 6. The van der Waals surface area contributed by atoms with Crippen LogP contribution in [0.4, 0.5) is 0 Å². The summed E-state index contributed by atoms with van der Waals surface area (Å²) in [7, 11) is 0. The van der Waals surface area contributed by atoms with E-state index in [1.807, 2.05) is 4.68 Å². The largest absolute Gasteiger partial charge is 0.322 e. The Labute approximate surface area is 214 Å². The van der Waals surface area contributed by atoms with Crippen molar-refractivity contribution in [1.82, 2.24) is 35.0 Å². The van der Waals surface area contributed by atoms with Gasteiger partial charge in [-0.2, -0.15) is 0 Å². The highest BCUT2D eigenvalue weighted by molar-refractivity contribution is 5.83. The number of piperazine rings is 1. The molecule has 0 spiro atoms. The number of H-pyrrole nitrogens is 1. The topological polar surface area (TPSA) is 82.9 Å². The van der Waals surface area contributed by atoms with Gasteiger partial charge < -0.3 is 4.98 Å². The van der Waals surface area contributed by atoms with E-state index in [2.05, 4.69) is 83.1 Å². The van der Waals surface area contributed by atoms with Crippen LogP contribution in [0.2, 0.25) is 0 Å². The highest BCUT2D eigenvalue weighted by Gasteiger charge is 2.36. The molecule has 1 aliphatic heterocycles. The summed E-state index contributed by atoms with van der Waals surface area (Å²) < 4.78 is 1.94. The first-order valence-electron chi connectivity index (χ1n) is 13.7. The van der Waals surface area contributed by atoms with Crippen LogP contribution in [-0.2, 0) is 5.54 Å². The molecule has 1 atom stereocenters. The number of aromatic amines is 1. The summed E-state index contributed by atoms with van der Waals surface area (Å²) in [6, 6.07) is 6.72. The fourth-order valence-electron chi connectivity index (χ4n) is 6.14. The van der Waals surface area contributed by atoms with E-state index in [0.29, 0.717) is 6.04 Å². The van der Waals surface area contributed by atoms with E-state index in [-0.39, 0.29) is 17.1 Å². The first kappa shape index (κ1) is 25.1. The Morgan fingerprint density at radius 1 is 1.06 bits per heavy atom. The molecule has 1 saturated heterocycles. The first-order valence-corrected chi connectivity index (χ1v) is 13.7. The second kappa shape index (κ2) is 10.1. The molecule has 1 saturated carbocycles. The highest BCUT2D eigenvalue weighted by atomic mass is 16.1. The lowest BCUT2D eigenvalue weighted by molar-refractivity contribution is 0.0603. The normalized spacial score (nSPS) is 19.7. The van der Waals surface area contributed by atoms with Crippen molar-refractivity contribution in [2.24, 2.45) is 0 Å². The van der Waals surface area contributed by atoms with Gasteiger partial charge in [-0.3, -0.25) is 14.6 Å². The molecule has 8 nitrogen and oxygen atoms in total. The fraction of sp³-hybridized carbons (Fsp3) is 0.643. The van der Waals surface area contributed by atoms with Crippen LogP contribution in [0.5, 0.6) is 0 Å². The Morgan fingerprint density at radius 2 is 1.78 bits per heavy atom. The second-order valence-electron chi connectivity index (χ2n) is 11.5. The van der Waals surface area contributed by atoms with Crippen LogP contribution < -0.4 is 5.56 Å². The molecule has 1 aromatic carbocycles. The SMILES string of the molecule is CCC(C)(C)n1nnnc1[C@H](c1cc2c(C)cc(C)cc2[nH]c1=O)N1CCN(C2CCCCC2)CC1. The number of aromatic nitrogens is 5. The molecule has 1 aliphatic carbocycles. The Balaban J connectivity index is 1.56. The van der Waals surface area contributed by atoms with Crippen LogP contribution in [0.1, 0.15) is 87.9 Å². The number of hydrogen-bond acceptors (Lipinski definition) is 6. The average Bonchev–Trinajstić information content (AvgIpc) is 3.36. The Bertz CT molecular complexity index is 1260. The van der Waals surface area contributed by atoms with Crippen molar-refractivity contribution in [3.8, 4) is 0 Å². The molecule has 36 heavy (non-hydrogen) atoms. The maximum Gasteiger partial charge on any atom is 0.253 e. The molecule has 3 heterocycles. The van der Waals surface area contributed by atoms with Gasteiger partial charge in [-0.1, -0.05) is 32.3 Å². The van der Waals surface area contributed by atoms with Crippen LogP contribution in [0, 0.1) is 13.8 Å². The van der Waals surface area contributed by atoms with Gasteiger partial charge in [0.15, 0.2) is 5.82 Å². The molecule has 5 rings (SSSR count). The van der Waals surface area contributed by atoms with E-state index in [0.717, 1.165) is 66.0 Å². The molecular formula is C28H41N7O. The third-order valence-electron chi connectivity index (χ3n) is 8.62. The first-order chi connectivity index (χ1) is 17.3. The van der Waals surface area contributed by atoms with Crippen LogP contribution in [0.15, 0.2) is 23.0 Å². The van der Waals surface area contributed by atoms with Gasteiger partial charge in [-0.05, 0) is 80.6 Å². The van der Waals surface area contributed by atoms with Crippen molar-refractivity contribution >= 4 is 10.9 Å². The van der Waals surface area contributed by atoms with Crippen LogP contribution in [0.3, 0.4) is 0 Å². The van der Waals surface area contributed by atoms with Gasteiger partial charge in [0, 0.05) is 48.7 Å². The molecule has 0 radical (unpaired) electrons. The summed E-state index contributed by atoms with van der Waals surface area (Å²) in [5.74, 6) is 0.752. The van der Waals surface area contributed by atoms with Crippen LogP contribution >= 0.6 is 0 Å². The molecule has 0 unspecified atom stereocenters. The molecule has 2 aliphatic rings. The fourth-order valence-corrected chi connectivity index (χ4v) is 6.14. The lowest BCUT2D eigenvalue weighted by Crippen LogP contribution is -2.52. The molecule has 2 aromatic heterocycles. The molecule has 2 fully saturated rings. The highest BCUT2D eigenvalue weighted by Crippen LogP contribution is 2.33. The molecule has 0 bridgehead atoms. The quantitative estimate of drug-likeness (QED) is 0.553. The van der Waals surface area contributed by atoms with E-state index in [9.17, 15) is 4.79 Å². The lowest BCUT2D eigenvalue weighted by Gasteiger charge is -2.43. The average molecular weight is 492 g/mol. The maximum absolute atomic E-state index is 13.6. The molecule has 194 valence electrons. The minimum absolute atomic E-state index is 0.0592. The van der Waals surface area contributed by atoms with Gasteiger partial charge in [0.2, 0.25) is 0 Å². The number of hydrogen-bond donors (Lipinski definition) is 1. The van der Waals surface area contributed by atoms with Crippen LogP contribution in [0.25, 0.3) is 10.9 Å². The summed E-state index contributed by atoms with van der Waals surface area (Å²) in [4.78, 5) is 21.9. The summed E-state index contributed by atoms with van der Waals surface area (Å²) in [5, 5.41) is 14.1. The van der Waals surface area contributed by atoms with Crippen molar-refractivity contribution in [3.63, 3.8) is 0 Å². The number of benzene rings is 1. The van der Waals surface area contributed by atoms with Crippen molar-refractivity contribution in [2.45, 2.75) is 90.8 Å². The third kappa shape index (κ3) is 4.73. The zero-order valence-corrected chi connectivity index (χ0v) is 22.5. The van der Waals surface area contributed by atoms with E-state index in [1.165, 1.54) is 32.1 Å². The van der Waals surface area contributed by atoms with Crippen LogP contribution in [-0.4, -0.2) is 67.2 Å². The Hall–Kier alpha value is -2.58. The van der Waals surface area contributed by atoms with Crippen molar-refractivity contribution in [2.75, 3.05) is 26.2 Å². The van der Waals surface area contributed by atoms with E-state index in [4.69, 9.17) is 0 Å². The van der Waals surface area contributed by atoms with Crippen molar-refractivity contribution in [1.29, 1.82) is 0 Å². The number of aryl methyl sites for hydroxylation is 2. The molecule has 3 aromatic rings. The Morgan fingerprint density at radius 3 is 2.47 bits per heavy atom. The van der Waals surface area contributed by atoms with Gasteiger partial charge in [-0.15, -0.1) is 5.10 Å². The standard InChI is InChI=1S/C28H41N7O/c1-6-28(4,5)35-26(30-31-32-35)25(34-14-12-33(13-15-34)21-10-8-7-9-11-21)23-18-22-20(3)16-19(2)17-24(22)29-27(23)36/h16-18,21,25H,6-15H2,1-5H3,(H,29,36)/t25-/m0/s1. The minimum atomic E-state index is -0.298. The van der Waals surface area contributed by atoms with E-state index < -0.39 is 0 Å². The van der Waals surface area contributed by atoms with Crippen molar-refractivity contribution < 1.29 is 0 Å². The predicted molar refractivity (Wildman–Crippen MR) is 143 cm³/mol. The van der Waals surface area contributed by atoms with Gasteiger partial charge >= 0.3 is 0 Å². The molecule has 8 heteroatoms. The van der Waals surface area contributed by atoms with Gasteiger partial charge in [0.25, 0.3) is 5.56 Å². The van der Waals surface area contributed by atoms with Gasteiger partial charge in [-0.25, -0.2) is 4.68 Å². The van der Waals surface area contributed by atoms with Crippen molar-refractivity contribution in [3.05, 3.63) is 51.1 Å². The monoisotopic (exact) mass is 491 g/mol. The number of tetrazole rings is 1. The molecular weight excluding hydrogens is 450 g/mol. The summed E-state index contributed by atoms with van der Waals surface area (Å²) in [5.41, 5.74) is 3.61. The second-order valence-corrected chi connectivity index (χ2v) is 11.5. The maximum atomic E-state index is 13.6. The number of pyridine rings is 1. The lowest BCUT2D eigenvalue weighted by atomic mass is 9.93. The summed E-state index contributed by atoms with van der Waals surface area (Å²) >= 11 is 0. The third-order valence-corrected chi connectivity index (χ3v) is 8.62. The minimum Gasteiger partial charge on any atom is -0.322 e. The summed E-state index contributed by atoms with van der Waals surface area (Å²) in [6.07, 6.45) is 7.59. The number of nitrogens with one attached hydrogen (secondary N) is 1. The molecule has 1 N–H and O–H groups in total. The van der Waals surface area contributed by atoms with E-state index in [1.54, 1.807) is 0 Å². The predicted octanol–water partition coefficient (Wildman–Crippen LogP) is 4.32. The number of fused-ring (bicyclic) bond motifs is 1. The molecule has 0 amide bonds.